The molecule has 146 valence electrons. The lowest BCUT2D eigenvalue weighted by atomic mass is 10.1. The number of benzene rings is 3. The third kappa shape index (κ3) is 5.45. The molecule has 3 rings (SSSR count). The zero-order chi connectivity index (χ0) is 19.9. The van der Waals surface area contributed by atoms with E-state index >= 15 is 0 Å². The van der Waals surface area contributed by atoms with Gasteiger partial charge in [0.1, 0.15) is 0 Å². The van der Waals surface area contributed by atoms with Crippen molar-refractivity contribution in [3.8, 4) is 0 Å². The molecule has 0 atom stereocenters. The minimum Gasteiger partial charge on any atom is -0.0625 e. The second-order valence-electron chi connectivity index (χ2n) is 9.19. The van der Waals surface area contributed by atoms with Gasteiger partial charge >= 0.3 is 0 Å². The normalized spacial score (nSPS) is 12.1. The first kappa shape index (κ1) is 20.6. The average Bonchev–Trinajstić information content (AvgIpc) is 2.69. The maximum absolute atomic E-state index is 2.49. The summed E-state index contributed by atoms with van der Waals surface area (Å²) in [6.45, 7) is 7.48. The van der Waals surface area contributed by atoms with Crippen molar-refractivity contribution < 1.29 is 0 Å². The van der Waals surface area contributed by atoms with Crippen molar-refractivity contribution in [3.63, 3.8) is 0 Å². The Labute approximate surface area is 172 Å². The summed E-state index contributed by atoms with van der Waals surface area (Å²) in [5.41, 5.74) is 4.50. The zero-order valence-electron chi connectivity index (χ0n) is 17.7. The summed E-state index contributed by atoms with van der Waals surface area (Å²) in [6.07, 6.45) is 2.47. The van der Waals surface area contributed by atoms with Crippen LogP contribution in [0.15, 0.2) is 91.0 Å². The molecule has 0 radical (unpaired) electrons. The Balaban J connectivity index is 1.87. The van der Waals surface area contributed by atoms with Crippen LogP contribution in [0.25, 0.3) is 0 Å². The van der Waals surface area contributed by atoms with Gasteiger partial charge in [0.05, 0.1) is 8.07 Å². The molecule has 0 N–H and O–H groups in total. The number of hydrogen-bond donors (Lipinski definition) is 0. The second-order valence-corrected chi connectivity index (χ2v) is 14.5. The Morgan fingerprint density at radius 3 is 1.36 bits per heavy atom. The van der Waals surface area contributed by atoms with E-state index in [2.05, 4.69) is 112 Å². The van der Waals surface area contributed by atoms with Gasteiger partial charge in [-0.15, -0.1) is 0 Å². The molecule has 1 heteroatoms. The fourth-order valence-corrected chi connectivity index (χ4v) is 9.57. The van der Waals surface area contributed by atoms with Crippen LogP contribution in [-0.2, 0) is 18.5 Å². The molecule has 0 bridgehead atoms. The Kier molecular flexibility index (Phi) is 6.91. The Morgan fingerprint density at radius 2 is 0.964 bits per heavy atom. The van der Waals surface area contributed by atoms with E-state index in [1.165, 1.54) is 47.7 Å². The summed E-state index contributed by atoms with van der Waals surface area (Å²) in [4.78, 5) is 0. The molecule has 0 spiro atoms. The van der Waals surface area contributed by atoms with E-state index in [9.17, 15) is 0 Å². The highest BCUT2D eigenvalue weighted by Crippen LogP contribution is 2.44. The summed E-state index contributed by atoms with van der Waals surface area (Å²) in [5.74, 6) is 0. The molecule has 0 saturated carbocycles. The Bertz CT molecular complexity index is 775. The topological polar surface area (TPSA) is 0 Å². The van der Waals surface area contributed by atoms with Gasteiger partial charge in [0, 0.05) is 0 Å². The molecule has 0 amide bonds. The van der Waals surface area contributed by atoms with E-state index in [-0.39, 0.29) is 0 Å². The van der Waals surface area contributed by atoms with Crippen LogP contribution < -0.4 is 0 Å². The van der Waals surface area contributed by atoms with E-state index in [1.54, 1.807) is 0 Å². The van der Waals surface area contributed by atoms with Crippen molar-refractivity contribution >= 4 is 8.07 Å². The van der Waals surface area contributed by atoms with Crippen molar-refractivity contribution in [2.75, 3.05) is 0 Å². The van der Waals surface area contributed by atoms with Gasteiger partial charge in [-0.2, -0.15) is 0 Å². The molecule has 3 aromatic carbocycles. The van der Waals surface area contributed by atoms with Crippen LogP contribution in [0.3, 0.4) is 0 Å². The summed E-state index contributed by atoms with van der Waals surface area (Å²) in [6, 6.07) is 37.3. The molecule has 0 aliphatic rings. The van der Waals surface area contributed by atoms with Gasteiger partial charge in [-0.25, -0.2) is 0 Å². The summed E-state index contributed by atoms with van der Waals surface area (Å²) in [5, 5.41) is 0.357. The molecule has 0 saturated heterocycles. The molecule has 3 aromatic rings. The van der Waals surface area contributed by atoms with Crippen molar-refractivity contribution in [1.82, 2.24) is 0 Å². The molecule has 0 fully saturated rings. The molecule has 0 nitrogen and oxygen atoms in total. The van der Waals surface area contributed by atoms with Crippen LogP contribution in [0.5, 0.6) is 0 Å². The Morgan fingerprint density at radius 1 is 0.571 bits per heavy atom. The largest absolute Gasteiger partial charge is 0.0677 e. The van der Waals surface area contributed by atoms with Gasteiger partial charge in [0.2, 0.25) is 0 Å². The first-order chi connectivity index (χ1) is 13.5. The minimum atomic E-state index is -1.63. The van der Waals surface area contributed by atoms with Crippen molar-refractivity contribution in [2.45, 2.75) is 56.8 Å². The van der Waals surface area contributed by atoms with Gasteiger partial charge in [-0.05, 0) is 29.1 Å². The van der Waals surface area contributed by atoms with Gasteiger partial charge < -0.3 is 0 Å². The molecule has 0 aliphatic carbocycles. The van der Waals surface area contributed by atoms with Crippen LogP contribution in [0.4, 0.5) is 0 Å². The lowest BCUT2D eigenvalue weighted by Gasteiger charge is -2.44. The maximum atomic E-state index is 2.49. The highest BCUT2D eigenvalue weighted by Gasteiger charge is 2.43. The Hall–Kier alpha value is -2.12. The van der Waals surface area contributed by atoms with E-state index < -0.39 is 8.07 Å². The SMILES string of the molecule is CC(C)(C)[Si](CCCc1ccccc1)(Cc1ccccc1)Cc1ccccc1. The number of rotatable bonds is 8. The molecule has 0 heterocycles. The predicted octanol–water partition coefficient (Wildman–Crippen LogP) is 7.43. The van der Waals surface area contributed by atoms with E-state index in [1.807, 2.05) is 0 Å². The van der Waals surface area contributed by atoms with Gasteiger partial charge in [0.25, 0.3) is 0 Å². The smallest absolute Gasteiger partial charge is 0.0625 e. The third-order valence-electron chi connectivity index (χ3n) is 6.33. The second kappa shape index (κ2) is 9.38. The fourth-order valence-electron chi connectivity index (χ4n) is 4.39. The first-order valence-electron chi connectivity index (χ1n) is 10.6. The fraction of sp³-hybridized carbons (Fsp3) is 0.333. The van der Waals surface area contributed by atoms with Crippen LogP contribution in [0, 0.1) is 0 Å². The van der Waals surface area contributed by atoms with Crippen molar-refractivity contribution in [1.29, 1.82) is 0 Å². The third-order valence-corrected chi connectivity index (χ3v) is 13.0. The first-order valence-corrected chi connectivity index (χ1v) is 13.2. The van der Waals surface area contributed by atoms with E-state index in [0.29, 0.717) is 5.04 Å². The maximum Gasteiger partial charge on any atom is 0.0677 e. The van der Waals surface area contributed by atoms with Crippen LogP contribution in [-0.4, -0.2) is 8.07 Å². The van der Waals surface area contributed by atoms with Crippen LogP contribution in [0.1, 0.15) is 43.9 Å². The zero-order valence-corrected chi connectivity index (χ0v) is 18.7. The highest BCUT2D eigenvalue weighted by atomic mass is 28.3. The lowest BCUT2D eigenvalue weighted by Crippen LogP contribution is -2.49. The molecule has 0 aromatic heterocycles. The van der Waals surface area contributed by atoms with Gasteiger partial charge in [-0.3, -0.25) is 0 Å². The van der Waals surface area contributed by atoms with E-state index in [0.717, 1.165) is 0 Å². The minimum absolute atomic E-state index is 0.357. The van der Waals surface area contributed by atoms with Gasteiger partial charge in [-0.1, -0.05) is 135 Å². The molecule has 0 unspecified atom stereocenters. The highest BCUT2D eigenvalue weighted by molar-refractivity contribution is 6.81. The summed E-state index contributed by atoms with van der Waals surface area (Å²) >= 11 is 0. The molecular formula is C27H34Si. The van der Waals surface area contributed by atoms with Crippen molar-refractivity contribution in [3.05, 3.63) is 108 Å². The summed E-state index contributed by atoms with van der Waals surface area (Å²) < 4.78 is 0. The van der Waals surface area contributed by atoms with Crippen LogP contribution in [0.2, 0.25) is 11.1 Å². The molecular weight excluding hydrogens is 352 g/mol. The monoisotopic (exact) mass is 386 g/mol. The lowest BCUT2D eigenvalue weighted by molar-refractivity contribution is 0.680. The van der Waals surface area contributed by atoms with Crippen LogP contribution >= 0.6 is 0 Å². The van der Waals surface area contributed by atoms with Gasteiger partial charge in [0.15, 0.2) is 0 Å². The molecule has 0 aliphatic heterocycles. The predicted molar refractivity (Wildman–Crippen MR) is 125 cm³/mol. The molecule has 28 heavy (non-hydrogen) atoms. The van der Waals surface area contributed by atoms with E-state index in [4.69, 9.17) is 0 Å². The number of hydrogen-bond acceptors (Lipinski definition) is 0. The standard InChI is InChI=1S/C27H34Si/c1-27(2,3)28(22-25-16-9-5-10-17-25,23-26-18-11-6-12-19-26)21-13-20-24-14-7-4-8-15-24/h4-12,14-19H,13,20-23H2,1-3H3. The quantitative estimate of drug-likeness (QED) is 0.353. The number of aryl methyl sites for hydroxylation is 1. The summed E-state index contributed by atoms with van der Waals surface area (Å²) in [7, 11) is -1.63. The van der Waals surface area contributed by atoms with Crippen molar-refractivity contribution in [2.24, 2.45) is 0 Å². The average molecular weight is 387 g/mol.